The fourth-order valence-corrected chi connectivity index (χ4v) is 2.49. The Hall–Kier alpha value is -1.14. The second kappa shape index (κ2) is 4.39. The van der Waals surface area contributed by atoms with Gasteiger partial charge in [0.1, 0.15) is 5.82 Å². The van der Waals surface area contributed by atoms with Gasteiger partial charge in [0.25, 0.3) is 0 Å². The minimum Gasteiger partial charge on any atom is -0.396 e. The molecule has 0 aliphatic carbocycles. The summed E-state index contributed by atoms with van der Waals surface area (Å²) in [6.45, 7) is 3.48. The Morgan fingerprint density at radius 3 is 2.38 bits per heavy atom. The fourth-order valence-electron chi connectivity index (χ4n) is 1.11. The second-order valence-corrected chi connectivity index (χ2v) is 5.80. The van der Waals surface area contributed by atoms with Gasteiger partial charge >= 0.3 is 0 Å². The molecule has 0 amide bonds. The van der Waals surface area contributed by atoms with Crippen molar-refractivity contribution in [2.45, 2.75) is 24.8 Å². The first-order valence-electron chi connectivity index (χ1n) is 4.80. The molecule has 16 heavy (non-hydrogen) atoms. The standard InChI is InChI=1S/C10H15FN2O2S/c1-7(2)13(3)16(14,15)8-4-5-10(12)9(11)6-8/h4-7H,12H2,1-3H3. The van der Waals surface area contributed by atoms with Gasteiger partial charge in [0.05, 0.1) is 10.6 Å². The van der Waals surface area contributed by atoms with Crippen molar-refractivity contribution in [3.05, 3.63) is 24.0 Å². The Labute approximate surface area is 94.9 Å². The van der Waals surface area contributed by atoms with Crippen LogP contribution in [-0.2, 0) is 10.0 Å². The molecule has 0 heterocycles. The summed E-state index contributed by atoms with van der Waals surface area (Å²) in [5.41, 5.74) is 5.22. The molecule has 0 radical (unpaired) electrons. The molecule has 1 aromatic carbocycles. The molecule has 0 fully saturated rings. The highest BCUT2D eigenvalue weighted by atomic mass is 32.2. The van der Waals surface area contributed by atoms with Gasteiger partial charge in [-0.25, -0.2) is 12.8 Å². The van der Waals surface area contributed by atoms with Crippen molar-refractivity contribution >= 4 is 15.7 Å². The smallest absolute Gasteiger partial charge is 0.243 e. The first-order chi connectivity index (χ1) is 7.26. The zero-order chi connectivity index (χ0) is 12.5. The van der Waals surface area contributed by atoms with Crippen LogP contribution in [-0.4, -0.2) is 25.8 Å². The van der Waals surface area contributed by atoms with Crippen LogP contribution < -0.4 is 5.73 Å². The molecule has 0 aliphatic rings. The molecule has 0 saturated carbocycles. The molecular weight excluding hydrogens is 231 g/mol. The van der Waals surface area contributed by atoms with Crippen molar-refractivity contribution in [1.82, 2.24) is 4.31 Å². The van der Waals surface area contributed by atoms with E-state index in [0.29, 0.717) is 0 Å². The predicted molar refractivity (Wildman–Crippen MR) is 60.9 cm³/mol. The fraction of sp³-hybridized carbons (Fsp3) is 0.400. The average Bonchev–Trinajstić information content (AvgIpc) is 2.20. The van der Waals surface area contributed by atoms with Gasteiger partial charge in [0, 0.05) is 13.1 Å². The molecule has 4 nitrogen and oxygen atoms in total. The third-order valence-corrected chi connectivity index (χ3v) is 4.41. The molecule has 0 saturated heterocycles. The van der Waals surface area contributed by atoms with Gasteiger partial charge in [0.2, 0.25) is 10.0 Å². The number of nitrogens with two attached hydrogens (primary N) is 1. The summed E-state index contributed by atoms with van der Waals surface area (Å²) in [6, 6.07) is 3.29. The monoisotopic (exact) mass is 246 g/mol. The van der Waals surface area contributed by atoms with Crippen LogP contribution in [0.1, 0.15) is 13.8 Å². The van der Waals surface area contributed by atoms with Crippen molar-refractivity contribution in [3.8, 4) is 0 Å². The van der Waals surface area contributed by atoms with Crippen LogP contribution >= 0.6 is 0 Å². The van der Waals surface area contributed by atoms with Gasteiger partial charge in [-0.3, -0.25) is 0 Å². The van der Waals surface area contributed by atoms with Gasteiger partial charge in [-0.05, 0) is 32.0 Å². The zero-order valence-corrected chi connectivity index (χ0v) is 10.3. The van der Waals surface area contributed by atoms with E-state index in [1.807, 2.05) is 0 Å². The number of hydrogen-bond acceptors (Lipinski definition) is 3. The van der Waals surface area contributed by atoms with E-state index in [1.54, 1.807) is 13.8 Å². The maximum absolute atomic E-state index is 13.2. The van der Waals surface area contributed by atoms with E-state index in [4.69, 9.17) is 5.73 Å². The molecule has 0 spiro atoms. The number of nitrogens with zero attached hydrogens (tertiary/aromatic N) is 1. The van der Waals surface area contributed by atoms with Crippen molar-refractivity contribution in [1.29, 1.82) is 0 Å². The maximum Gasteiger partial charge on any atom is 0.243 e. The van der Waals surface area contributed by atoms with Crippen LogP contribution in [0.15, 0.2) is 23.1 Å². The lowest BCUT2D eigenvalue weighted by molar-refractivity contribution is 0.410. The lowest BCUT2D eigenvalue weighted by Gasteiger charge is -2.21. The summed E-state index contributed by atoms with van der Waals surface area (Å²) in [5, 5.41) is 0. The van der Waals surface area contributed by atoms with Crippen LogP contribution in [0.3, 0.4) is 0 Å². The lowest BCUT2D eigenvalue weighted by Crippen LogP contribution is -2.33. The quantitative estimate of drug-likeness (QED) is 0.821. The SMILES string of the molecule is CC(C)N(C)S(=O)(=O)c1ccc(N)c(F)c1. The molecule has 6 heteroatoms. The Bertz CT molecular complexity index is 486. The van der Waals surface area contributed by atoms with Crippen molar-refractivity contribution in [3.63, 3.8) is 0 Å². The summed E-state index contributed by atoms with van der Waals surface area (Å²) in [5.74, 6) is -0.724. The van der Waals surface area contributed by atoms with Gasteiger partial charge in [0.15, 0.2) is 0 Å². The van der Waals surface area contributed by atoms with Crippen LogP contribution in [0.5, 0.6) is 0 Å². The molecular formula is C10H15FN2O2S. The highest BCUT2D eigenvalue weighted by Gasteiger charge is 2.23. The van der Waals surface area contributed by atoms with E-state index in [0.717, 1.165) is 6.07 Å². The van der Waals surface area contributed by atoms with Gasteiger partial charge in [-0.2, -0.15) is 4.31 Å². The summed E-state index contributed by atoms with van der Waals surface area (Å²) < 4.78 is 38.3. The van der Waals surface area contributed by atoms with Crippen molar-refractivity contribution in [2.24, 2.45) is 0 Å². The first kappa shape index (κ1) is 12.9. The minimum absolute atomic E-state index is 0.0637. The molecule has 0 unspecified atom stereocenters. The largest absolute Gasteiger partial charge is 0.396 e. The second-order valence-electron chi connectivity index (χ2n) is 3.80. The number of rotatable bonds is 3. The summed E-state index contributed by atoms with van der Waals surface area (Å²) in [6.07, 6.45) is 0. The number of hydrogen-bond donors (Lipinski definition) is 1. The van der Waals surface area contributed by atoms with E-state index < -0.39 is 15.8 Å². The summed E-state index contributed by atoms with van der Waals surface area (Å²) in [7, 11) is -2.19. The summed E-state index contributed by atoms with van der Waals surface area (Å²) >= 11 is 0. The predicted octanol–water partition coefficient (Wildman–Crippen LogP) is 1.44. The van der Waals surface area contributed by atoms with E-state index in [9.17, 15) is 12.8 Å². The number of nitrogen functional groups attached to an aromatic ring is 1. The van der Waals surface area contributed by atoms with Crippen molar-refractivity contribution < 1.29 is 12.8 Å². The van der Waals surface area contributed by atoms with Crippen molar-refractivity contribution in [2.75, 3.05) is 12.8 Å². The molecule has 0 atom stereocenters. The van der Waals surface area contributed by atoms with Crippen LogP contribution in [0.2, 0.25) is 0 Å². The number of anilines is 1. The van der Waals surface area contributed by atoms with Crippen LogP contribution in [0.4, 0.5) is 10.1 Å². The van der Waals surface area contributed by atoms with E-state index >= 15 is 0 Å². The summed E-state index contributed by atoms with van der Waals surface area (Å²) in [4.78, 5) is -0.0876. The zero-order valence-electron chi connectivity index (χ0n) is 9.44. The molecule has 1 aromatic rings. The minimum atomic E-state index is -3.64. The normalized spacial score (nSPS) is 12.4. The number of sulfonamides is 1. The lowest BCUT2D eigenvalue weighted by atomic mass is 10.3. The van der Waals surface area contributed by atoms with E-state index in [2.05, 4.69) is 0 Å². The van der Waals surface area contributed by atoms with Gasteiger partial charge < -0.3 is 5.73 Å². The third kappa shape index (κ3) is 2.33. The van der Waals surface area contributed by atoms with Crippen LogP contribution in [0.25, 0.3) is 0 Å². The molecule has 90 valence electrons. The highest BCUT2D eigenvalue weighted by molar-refractivity contribution is 7.89. The Morgan fingerprint density at radius 1 is 1.38 bits per heavy atom. The molecule has 0 aromatic heterocycles. The Kier molecular flexibility index (Phi) is 3.54. The number of benzene rings is 1. The topological polar surface area (TPSA) is 63.4 Å². The molecule has 0 aliphatic heterocycles. The third-order valence-electron chi connectivity index (χ3n) is 2.38. The average molecular weight is 246 g/mol. The molecule has 1 rings (SSSR count). The van der Waals surface area contributed by atoms with E-state index in [-0.39, 0.29) is 16.6 Å². The Balaban J connectivity index is 3.23. The first-order valence-corrected chi connectivity index (χ1v) is 6.24. The van der Waals surface area contributed by atoms with Gasteiger partial charge in [-0.15, -0.1) is 0 Å². The van der Waals surface area contributed by atoms with Gasteiger partial charge in [-0.1, -0.05) is 0 Å². The highest BCUT2D eigenvalue weighted by Crippen LogP contribution is 2.20. The maximum atomic E-state index is 13.2. The Morgan fingerprint density at radius 2 is 1.94 bits per heavy atom. The van der Waals surface area contributed by atoms with E-state index in [1.165, 1.54) is 23.5 Å². The van der Waals surface area contributed by atoms with Crippen LogP contribution in [0, 0.1) is 5.82 Å². The molecule has 2 N–H and O–H groups in total. The molecule has 0 bridgehead atoms. The number of halogens is 1.